The van der Waals surface area contributed by atoms with E-state index in [1.165, 1.54) is 12.1 Å². The number of hydrogen-bond acceptors (Lipinski definition) is 2. The van der Waals surface area contributed by atoms with Gasteiger partial charge in [-0.1, -0.05) is 40.9 Å². The Morgan fingerprint density at radius 3 is 2.41 bits per heavy atom. The van der Waals surface area contributed by atoms with Gasteiger partial charge in [0.05, 0.1) is 16.6 Å². The minimum Gasteiger partial charge on any atom is -0.343 e. The van der Waals surface area contributed by atoms with Crippen LogP contribution in [0.25, 0.3) is 0 Å². The van der Waals surface area contributed by atoms with Gasteiger partial charge in [0.2, 0.25) is 5.91 Å². The molecule has 0 unspecified atom stereocenters. The van der Waals surface area contributed by atoms with Crippen LogP contribution in [0.5, 0.6) is 0 Å². The summed E-state index contributed by atoms with van der Waals surface area (Å²) in [4.78, 5) is 23.6. The Labute approximate surface area is 142 Å². The Bertz CT molecular complexity index is 720. The Morgan fingerprint density at radius 1 is 0.955 bits per heavy atom. The molecule has 22 heavy (non-hydrogen) atoms. The molecule has 0 atom stereocenters. The molecule has 2 rings (SSSR count). The summed E-state index contributed by atoms with van der Waals surface area (Å²) in [5.41, 5.74) is 0.881. The van der Waals surface area contributed by atoms with Crippen molar-refractivity contribution in [2.75, 3.05) is 11.9 Å². The third kappa shape index (κ3) is 4.63. The zero-order valence-corrected chi connectivity index (χ0v) is 13.5. The highest BCUT2D eigenvalue weighted by Gasteiger charge is 2.09. The zero-order chi connectivity index (χ0) is 16.1. The quantitative estimate of drug-likeness (QED) is 0.868. The molecule has 2 aromatic rings. The van der Waals surface area contributed by atoms with Crippen LogP contribution in [0.4, 0.5) is 5.69 Å². The van der Waals surface area contributed by atoms with Gasteiger partial charge < -0.3 is 10.6 Å². The number of carbonyl (C=O) groups is 2. The van der Waals surface area contributed by atoms with E-state index >= 15 is 0 Å². The molecule has 0 radical (unpaired) electrons. The van der Waals surface area contributed by atoms with Crippen molar-refractivity contribution in [3.05, 3.63) is 63.1 Å². The van der Waals surface area contributed by atoms with Gasteiger partial charge in [-0.15, -0.1) is 0 Å². The first-order chi connectivity index (χ1) is 10.5. The van der Waals surface area contributed by atoms with Crippen molar-refractivity contribution in [2.45, 2.75) is 0 Å². The van der Waals surface area contributed by atoms with Gasteiger partial charge >= 0.3 is 0 Å². The van der Waals surface area contributed by atoms with Gasteiger partial charge in [0, 0.05) is 16.3 Å². The second kappa shape index (κ2) is 7.49. The maximum Gasteiger partial charge on any atom is 0.251 e. The van der Waals surface area contributed by atoms with Gasteiger partial charge in [0.1, 0.15) is 0 Å². The normalized spacial score (nSPS) is 10.1. The maximum atomic E-state index is 11.9. The van der Waals surface area contributed by atoms with E-state index in [2.05, 4.69) is 10.6 Å². The molecule has 2 aromatic carbocycles. The molecule has 0 heterocycles. The summed E-state index contributed by atoms with van der Waals surface area (Å²) in [6, 6.07) is 11.2. The summed E-state index contributed by atoms with van der Waals surface area (Å²) in [5.74, 6) is -0.763. The highest BCUT2D eigenvalue weighted by Crippen LogP contribution is 2.24. The molecule has 114 valence electrons. The van der Waals surface area contributed by atoms with E-state index in [1.54, 1.807) is 30.3 Å². The average molecular weight is 358 g/mol. The van der Waals surface area contributed by atoms with E-state index in [9.17, 15) is 9.59 Å². The van der Waals surface area contributed by atoms with Gasteiger partial charge in [0.25, 0.3) is 5.91 Å². The first-order valence-corrected chi connectivity index (χ1v) is 7.38. The maximum absolute atomic E-state index is 11.9. The van der Waals surface area contributed by atoms with E-state index in [4.69, 9.17) is 34.8 Å². The highest BCUT2D eigenvalue weighted by atomic mass is 35.5. The second-order valence-corrected chi connectivity index (χ2v) is 5.62. The van der Waals surface area contributed by atoms with Crippen molar-refractivity contribution in [1.29, 1.82) is 0 Å². The molecule has 0 aliphatic carbocycles. The lowest BCUT2D eigenvalue weighted by Gasteiger charge is -2.08. The Balaban J connectivity index is 1.90. The van der Waals surface area contributed by atoms with Gasteiger partial charge in [-0.3, -0.25) is 9.59 Å². The first kappa shape index (κ1) is 16.6. The smallest absolute Gasteiger partial charge is 0.251 e. The number of rotatable bonds is 4. The molecular weight excluding hydrogens is 347 g/mol. The number of benzene rings is 2. The largest absolute Gasteiger partial charge is 0.343 e. The number of halogens is 3. The molecule has 2 N–H and O–H groups in total. The van der Waals surface area contributed by atoms with E-state index in [-0.39, 0.29) is 18.4 Å². The van der Waals surface area contributed by atoms with Crippen LogP contribution in [-0.4, -0.2) is 18.4 Å². The molecule has 0 saturated carbocycles. The monoisotopic (exact) mass is 356 g/mol. The lowest BCUT2D eigenvalue weighted by atomic mass is 10.2. The average Bonchev–Trinajstić information content (AvgIpc) is 2.48. The highest BCUT2D eigenvalue weighted by molar-refractivity contribution is 6.42. The standard InChI is InChI=1S/C15H11Cl3N2O2/c16-10-3-1-2-9(6-10)15(22)19-8-14(21)20-11-4-5-12(17)13(18)7-11/h1-7H,8H2,(H,19,22)(H,20,21). The fraction of sp³-hybridized carbons (Fsp3) is 0.0667. The fourth-order valence-corrected chi connectivity index (χ4v) is 2.16. The van der Waals surface area contributed by atoms with Crippen molar-refractivity contribution in [1.82, 2.24) is 5.32 Å². The molecular formula is C15H11Cl3N2O2. The van der Waals surface area contributed by atoms with E-state index < -0.39 is 0 Å². The summed E-state index contributed by atoms with van der Waals surface area (Å²) < 4.78 is 0. The van der Waals surface area contributed by atoms with Crippen molar-refractivity contribution < 1.29 is 9.59 Å². The molecule has 4 nitrogen and oxygen atoms in total. The molecule has 0 saturated heterocycles. The molecule has 0 aromatic heterocycles. The molecule has 0 bridgehead atoms. The minimum atomic E-state index is -0.383. The van der Waals surface area contributed by atoms with Crippen LogP contribution in [0.2, 0.25) is 15.1 Å². The first-order valence-electron chi connectivity index (χ1n) is 6.24. The second-order valence-electron chi connectivity index (χ2n) is 4.37. The minimum absolute atomic E-state index is 0.175. The Hall–Kier alpha value is -1.75. The third-order valence-electron chi connectivity index (χ3n) is 2.70. The van der Waals surface area contributed by atoms with Crippen LogP contribution in [0.3, 0.4) is 0 Å². The van der Waals surface area contributed by atoms with Crippen LogP contribution >= 0.6 is 34.8 Å². The third-order valence-corrected chi connectivity index (χ3v) is 3.67. The zero-order valence-electron chi connectivity index (χ0n) is 11.2. The van der Waals surface area contributed by atoms with E-state index in [0.717, 1.165) is 0 Å². The lowest BCUT2D eigenvalue weighted by molar-refractivity contribution is -0.115. The fourth-order valence-electron chi connectivity index (χ4n) is 1.67. The summed E-state index contributed by atoms with van der Waals surface area (Å²) >= 11 is 17.4. The van der Waals surface area contributed by atoms with E-state index in [0.29, 0.717) is 26.3 Å². The van der Waals surface area contributed by atoms with Gasteiger partial charge in [-0.25, -0.2) is 0 Å². The van der Waals surface area contributed by atoms with Crippen LogP contribution in [0.1, 0.15) is 10.4 Å². The topological polar surface area (TPSA) is 58.2 Å². The van der Waals surface area contributed by atoms with Gasteiger partial charge in [-0.2, -0.15) is 0 Å². The summed E-state index contributed by atoms with van der Waals surface area (Å²) in [7, 11) is 0. The van der Waals surface area contributed by atoms with Crippen LogP contribution in [0, 0.1) is 0 Å². The number of anilines is 1. The number of hydrogen-bond donors (Lipinski definition) is 2. The summed E-state index contributed by atoms with van der Waals surface area (Å²) in [5, 5.41) is 6.29. The molecule has 0 spiro atoms. The summed E-state index contributed by atoms with van der Waals surface area (Å²) in [6.07, 6.45) is 0. The van der Waals surface area contributed by atoms with Crippen LogP contribution in [0.15, 0.2) is 42.5 Å². The van der Waals surface area contributed by atoms with Crippen molar-refractivity contribution in [3.8, 4) is 0 Å². The lowest BCUT2D eigenvalue weighted by Crippen LogP contribution is -2.32. The SMILES string of the molecule is O=C(CNC(=O)c1cccc(Cl)c1)Nc1ccc(Cl)c(Cl)c1. The number of carbonyl (C=O) groups excluding carboxylic acids is 2. The van der Waals surface area contributed by atoms with E-state index in [1.807, 2.05) is 0 Å². The predicted octanol–water partition coefficient (Wildman–Crippen LogP) is 4.02. The summed E-state index contributed by atoms with van der Waals surface area (Å²) in [6.45, 7) is -0.175. The molecule has 7 heteroatoms. The van der Waals surface area contributed by atoms with Crippen LogP contribution < -0.4 is 10.6 Å². The molecule has 2 amide bonds. The number of amides is 2. The molecule has 0 aliphatic rings. The molecule has 0 fully saturated rings. The van der Waals surface area contributed by atoms with Gasteiger partial charge in [0.15, 0.2) is 0 Å². The Morgan fingerprint density at radius 2 is 1.73 bits per heavy atom. The molecule has 0 aliphatic heterocycles. The van der Waals surface area contributed by atoms with Crippen LogP contribution in [-0.2, 0) is 4.79 Å². The van der Waals surface area contributed by atoms with Gasteiger partial charge in [-0.05, 0) is 36.4 Å². The predicted molar refractivity (Wildman–Crippen MR) is 88.9 cm³/mol. The number of nitrogens with one attached hydrogen (secondary N) is 2. The van der Waals surface area contributed by atoms with Crippen molar-refractivity contribution in [3.63, 3.8) is 0 Å². The van der Waals surface area contributed by atoms with Crippen molar-refractivity contribution in [2.24, 2.45) is 0 Å². The Kier molecular flexibility index (Phi) is 5.66. The van der Waals surface area contributed by atoms with Crippen molar-refractivity contribution >= 4 is 52.3 Å².